The molecule has 0 bridgehead atoms. The maximum absolute atomic E-state index is 11.7. The number of aromatic nitrogens is 1. The summed E-state index contributed by atoms with van der Waals surface area (Å²) in [5, 5.41) is 3.30. The van der Waals surface area contributed by atoms with Gasteiger partial charge in [-0.1, -0.05) is 6.07 Å². The van der Waals surface area contributed by atoms with E-state index in [4.69, 9.17) is 4.74 Å². The second-order valence-corrected chi connectivity index (χ2v) is 4.55. The zero-order valence-electron chi connectivity index (χ0n) is 10.3. The number of esters is 1. The lowest BCUT2D eigenvalue weighted by atomic mass is 9.76. The van der Waals surface area contributed by atoms with Crippen LogP contribution in [-0.2, 0) is 16.1 Å². The molecule has 1 aromatic heterocycles. The number of ether oxygens (including phenoxy) is 1. The third kappa shape index (κ3) is 2.31. The van der Waals surface area contributed by atoms with Gasteiger partial charge in [0, 0.05) is 12.7 Å². The second-order valence-electron chi connectivity index (χ2n) is 4.55. The molecule has 1 aliphatic carbocycles. The maximum atomic E-state index is 11.7. The Morgan fingerprint density at radius 3 is 2.88 bits per heavy atom. The molecule has 0 unspecified atom stereocenters. The van der Waals surface area contributed by atoms with Crippen molar-refractivity contribution in [3.63, 3.8) is 0 Å². The van der Waals surface area contributed by atoms with Crippen LogP contribution in [0.5, 0.6) is 0 Å². The van der Waals surface area contributed by atoms with E-state index in [0.717, 1.165) is 30.5 Å². The van der Waals surface area contributed by atoms with Crippen molar-refractivity contribution in [2.24, 2.45) is 0 Å². The number of hydrogen-bond donors (Lipinski definition) is 1. The van der Waals surface area contributed by atoms with Crippen LogP contribution in [-0.4, -0.2) is 23.6 Å². The van der Waals surface area contributed by atoms with Crippen molar-refractivity contribution in [3.05, 3.63) is 29.6 Å². The summed E-state index contributed by atoms with van der Waals surface area (Å²) in [5.74, 6) is -0.155. The lowest BCUT2D eigenvalue weighted by Crippen LogP contribution is -2.57. The standard InChI is InChI=1S/C13H18N2O2/c1-10-5-3-8-14-11(10)9-15-13(6-4-7-13)12(16)17-2/h3,5,8,15H,4,6-7,9H2,1-2H3. The van der Waals surface area contributed by atoms with E-state index in [-0.39, 0.29) is 5.97 Å². The summed E-state index contributed by atoms with van der Waals surface area (Å²) in [6.45, 7) is 2.64. The van der Waals surface area contributed by atoms with Crippen molar-refractivity contribution in [1.29, 1.82) is 0 Å². The monoisotopic (exact) mass is 234 g/mol. The minimum atomic E-state index is -0.474. The Labute approximate surface area is 101 Å². The SMILES string of the molecule is COC(=O)C1(NCc2ncccc2C)CCC1. The average molecular weight is 234 g/mol. The van der Waals surface area contributed by atoms with Crippen LogP contribution in [0.15, 0.2) is 18.3 Å². The van der Waals surface area contributed by atoms with E-state index in [1.807, 2.05) is 19.1 Å². The molecule has 1 heterocycles. The molecule has 92 valence electrons. The minimum Gasteiger partial charge on any atom is -0.468 e. The molecule has 0 atom stereocenters. The van der Waals surface area contributed by atoms with Crippen LogP contribution >= 0.6 is 0 Å². The fourth-order valence-electron chi connectivity index (χ4n) is 2.14. The predicted octanol–water partition coefficient (Wildman–Crippen LogP) is 1.58. The van der Waals surface area contributed by atoms with E-state index in [2.05, 4.69) is 10.3 Å². The van der Waals surface area contributed by atoms with Crippen LogP contribution in [0, 0.1) is 6.92 Å². The Kier molecular flexibility index (Phi) is 3.43. The van der Waals surface area contributed by atoms with Gasteiger partial charge in [0.1, 0.15) is 5.54 Å². The normalized spacial score (nSPS) is 17.3. The first-order valence-electron chi connectivity index (χ1n) is 5.92. The summed E-state index contributed by atoms with van der Waals surface area (Å²) in [4.78, 5) is 16.0. The molecule has 2 rings (SSSR count). The van der Waals surface area contributed by atoms with E-state index in [0.29, 0.717) is 6.54 Å². The van der Waals surface area contributed by atoms with Crippen LogP contribution in [0.4, 0.5) is 0 Å². The number of rotatable bonds is 4. The number of aryl methyl sites for hydroxylation is 1. The predicted molar refractivity (Wildman–Crippen MR) is 64.4 cm³/mol. The molecule has 17 heavy (non-hydrogen) atoms. The van der Waals surface area contributed by atoms with Crippen LogP contribution < -0.4 is 5.32 Å². The summed E-state index contributed by atoms with van der Waals surface area (Å²) in [6.07, 6.45) is 4.55. The number of hydrogen-bond acceptors (Lipinski definition) is 4. The largest absolute Gasteiger partial charge is 0.468 e. The van der Waals surface area contributed by atoms with Gasteiger partial charge in [-0.3, -0.25) is 15.1 Å². The van der Waals surface area contributed by atoms with E-state index in [9.17, 15) is 4.79 Å². The van der Waals surface area contributed by atoms with Gasteiger partial charge in [-0.2, -0.15) is 0 Å². The van der Waals surface area contributed by atoms with Gasteiger partial charge in [0.2, 0.25) is 0 Å². The summed E-state index contributed by atoms with van der Waals surface area (Å²) in [7, 11) is 1.44. The van der Waals surface area contributed by atoms with Crippen LogP contribution in [0.1, 0.15) is 30.5 Å². The number of pyridine rings is 1. The Morgan fingerprint density at radius 1 is 1.59 bits per heavy atom. The summed E-state index contributed by atoms with van der Waals surface area (Å²) in [5.41, 5.74) is 1.65. The van der Waals surface area contributed by atoms with Gasteiger partial charge in [-0.05, 0) is 37.8 Å². The Hall–Kier alpha value is -1.42. The van der Waals surface area contributed by atoms with Gasteiger partial charge in [0.05, 0.1) is 12.8 Å². The van der Waals surface area contributed by atoms with Crippen molar-refractivity contribution in [1.82, 2.24) is 10.3 Å². The molecule has 1 N–H and O–H groups in total. The van der Waals surface area contributed by atoms with E-state index in [1.54, 1.807) is 6.20 Å². The van der Waals surface area contributed by atoms with E-state index in [1.165, 1.54) is 7.11 Å². The molecule has 0 amide bonds. The van der Waals surface area contributed by atoms with Crippen molar-refractivity contribution in [2.75, 3.05) is 7.11 Å². The van der Waals surface area contributed by atoms with Crippen molar-refractivity contribution in [3.8, 4) is 0 Å². The Morgan fingerprint density at radius 2 is 2.35 bits per heavy atom. The molecular weight excluding hydrogens is 216 g/mol. The van der Waals surface area contributed by atoms with E-state index < -0.39 is 5.54 Å². The van der Waals surface area contributed by atoms with Crippen molar-refractivity contribution < 1.29 is 9.53 Å². The molecule has 0 spiro atoms. The highest BCUT2D eigenvalue weighted by molar-refractivity contribution is 5.81. The van der Waals surface area contributed by atoms with Gasteiger partial charge in [-0.25, -0.2) is 0 Å². The lowest BCUT2D eigenvalue weighted by Gasteiger charge is -2.39. The molecule has 1 saturated carbocycles. The highest BCUT2D eigenvalue weighted by atomic mass is 16.5. The number of methoxy groups -OCH3 is 1. The fraction of sp³-hybridized carbons (Fsp3) is 0.538. The van der Waals surface area contributed by atoms with Gasteiger partial charge in [-0.15, -0.1) is 0 Å². The van der Waals surface area contributed by atoms with Crippen LogP contribution in [0.25, 0.3) is 0 Å². The zero-order valence-corrected chi connectivity index (χ0v) is 10.3. The quantitative estimate of drug-likeness (QED) is 0.803. The number of carbonyl (C=O) groups is 1. The number of carbonyl (C=O) groups excluding carboxylic acids is 1. The molecule has 1 aliphatic rings. The minimum absolute atomic E-state index is 0.155. The molecule has 1 fully saturated rings. The average Bonchev–Trinajstić information content (AvgIpc) is 2.29. The van der Waals surface area contributed by atoms with Crippen LogP contribution in [0.3, 0.4) is 0 Å². The van der Waals surface area contributed by atoms with Crippen molar-refractivity contribution >= 4 is 5.97 Å². The van der Waals surface area contributed by atoms with Gasteiger partial charge < -0.3 is 4.74 Å². The molecule has 0 aliphatic heterocycles. The summed E-state index contributed by atoms with van der Waals surface area (Å²) in [6, 6.07) is 3.94. The third-order valence-corrected chi connectivity index (χ3v) is 3.50. The highest BCUT2D eigenvalue weighted by Crippen LogP contribution is 2.33. The first-order chi connectivity index (χ1) is 8.18. The Balaban J connectivity index is 2.02. The first-order valence-corrected chi connectivity index (χ1v) is 5.92. The number of nitrogens with zero attached hydrogens (tertiary/aromatic N) is 1. The molecule has 0 radical (unpaired) electrons. The summed E-state index contributed by atoms with van der Waals surface area (Å²) >= 11 is 0. The topological polar surface area (TPSA) is 51.2 Å². The van der Waals surface area contributed by atoms with E-state index >= 15 is 0 Å². The number of nitrogens with one attached hydrogen (secondary N) is 1. The lowest BCUT2D eigenvalue weighted by molar-refractivity contribution is -0.152. The molecule has 4 heteroatoms. The first kappa shape index (κ1) is 12.0. The van der Waals surface area contributed by atoms with Crippen molar-refractivity contribution in [2.45, 2.75) is 38.3 Å². The molecule has 4 nitrogen and oxygen atoms in total. The molecule has 0 aromatic carbocycles. The van der Waals surface area contributed by atoms with Gasteiger partial charge in [0.25, 0.3) is 0 Å². The van der Waals surface area contributed by atoms with Crippen LogP contribution in [0.2, 0.25) is 0 Å². The fourth-order valence-corrected chi connectivity index (χ4v) is 2.14. The molecular formula is C13H18N2O2. The molecule has 0 saturated heterocycles. The highest BCUT2D eigenvalue weighted by Gasteiger charge is 2.44. The second kappa shape index (κ2) is 4.84. The maximum Gasteiger partial charge on any atom is 0.326 e. The molecule has 1 aromatic rings. The summed E-state index contributed by atoms with van der Waals surface area (Å²) < 4.78 is 4.85. The Bertz CT molecular complexity index is 414. The third-order valence-electron chi connectivity index (χ3n) is 3.50. The van der Waals surface area contributed by atoms with Gasteiger partial charge in [0.15, 0.2) is 0 Å². The zero-order chi connectivity index (χ0) is 12.3. The smallest absolute Gasteiger partial charge is 0.326 e. The van der Waals surface area contributed by atoms with Gasteiger partial charge >= 0.3 is 5.97 Å².